The first kappa shape index (κ1) is 16.2. The molecule has 2 atom stereocenters. The fourth-order valence-corrected chi connectivity index (χ4v) is 2.44. The van der Waals surface area contributed by atoms with E-state index in [2.05, 4.69) is 70.3 Å². The van der Waals surface area contributed by atoms with Crippen LogP contribution in [-0.4, -0.2) is 12.6 Å². The fourth-order valence-electron chi connectivity index (χ4n) is 2.44. The van der Waals surface area contributed by atoms with E-state index in [0.717, 1.165) is 6.54 Å². The van der Waals surface area contributed by atoms with Crippen molar-refractivity contribution in [3.05, 3.63) is 35.9 Å². The number of hydrogen-bond acceptors (Lipinski definition) is 1. The van der Waals surface area contributed by atoms with E-state index in [1.165, 1.54) is 24.8 Å². The molecule has 0 saturated heterocycles. The molecule has 0 radical (unpaired) electrons. The molecule has 1 N–H and O–H groups in total. The maximum atomic E-state index is 3.74. The summed E-state index contributed by atoms with van der Waals surface area (Å²) in [6.07, 6.45) is 3.72. The molecular formula is C18H31N. The van der Waals surface area contributed by atoms with Gasteiger partial charge >= 0.3 is 0 Å². The number of nitrogens with one attached hydrogen (secondary N) is 1. The van der Waals surface area contributed by atoms with Crippen molar-refractivity contribution in [2.75, 3.05) is 6.54 Å². The molecule has 0 heterocycles. The molecule has 0 aliphatic carbocycles. The fraction of sp³-hybridized carbons (Fsp3) is 0.667. The van der Waals surface area contributed by atoms with Crippen molar-refractivity contribution in [2.24, 2.45) is 5.41 Å². The third-order valence-electron chi connectivity index (χ3n) is 3.79. The summed E-state index contributed by atoms with van der Waals surface area (Å²) in [4.78, 5) is 0. The van der Waals surface area contributed by atoms with Crippen LogP contribution in [0.3, 0.4) is 0 Å². The van der Waals surface area contributed by atoms with Gasteiger partial charge in [-0.05, 0) is 42.7 Å². The summed E-state index contributed by atoms with van der Waals surface area (Å²) in [6.45, 7) is 12.7. The lowest BCUT2D eigenvalue weighted by molar-refractivity contribution is 0.313. The lowest BCUT2D eigenvalue weighted by Gasteiger charge is -2.29. The minimum atomic E-state index is 0.419. The van der Waals surface area contributed by atoms with Gasteiger partial charge in [-0.2, -0.15) is 0 Å². The summed E-state index contributed by atoms with van der Waals surface area (Å²) in [5.74, 6) is 0.579. The first-order chi connectivity index (χ1) is 8.94. The molecule has 0 aliphatic rings. The lowest BCUT2D eigenvalue weighted by Crippen LogP contribution is -2.35. The average Bonchev–Trinajstić information content (AvgIpc) is 2.38. The van der Waals surface area contributed by atoms with E-state index in [1.807, 2.05) is 0 Å². The Labute approximate surface area is 119 Å². The second-order valence-corrected chi connectivity index (χ2v) is 6.86. The molecule has 0 fully saturated rings. The monoisotopic (exact) mass is 261 g/mol. The number of rotatable bonds is 7. The van der Waals surface area contributed by atoms with Crippen molar-refractivity contribution < 1.29 is 0 Å². The van der Waals surface area contributed by atoms with E-state index in [4.69, 9.17) is 0 Å². The summed E-state index contributed by atoms with van der Waals surface area (Å²) in [5, 5.41) is 3.74. The van der Waals surface area contributed by atoms with Crippen LogP contribution in [0.4, 0.5) is 0 Å². The highest BCUT2D eigenvalue weighted by atomic mass is 14.9. The van der Waals surface area contributed by atoms with Crippen LogP contribution in [0.15, 0.2) is 30.3 Å². The Balaban J connectivity index is 2.67. The molecule has 0 aliphatic heterocycles. The molecular weight excluding hydrogens is 230 g/mol. The molecule has 1 aromatic rings. The minimum absolute atomic E-state index is 0.419. The van der Waals surface area contributed by atoms with E-state index in [9.17, 15) is 0 Å². The zero-order valence-electron chi connectivity index (χ0n) is 13.4. The van der Waals surface area contributed by atoms with Crippen LogP contribution in [0.1, 0.15) is 65.4 Å². The highest BCUT2D eigenvalue weighted by Crippen LogP contribution is 2.27. The first-order valence-electron chi connectivity index (χ1n) is 7.72. The van der Waals surface area contributed by atoms with Gasteiger partial charge in [0.25, 0.3) is 0 Å². The standard InChI is InChI=1S/C18H31N/c1-6-14-19-17(12-13-18(3,4)5)15(2)16-10-8-7-9-11-16/h7-11,15,17,19H,6,12-14H2,1-5H3. The quantitative estimate of drug-likeness (QED) is 0.729. The van der Waals surface area contributed by atoms with Gasteiger partial charge in [0.05, 0.1) is 0 Å². The normalized spacial score (nSPS) is 15.2. The second kappa shape index (κ2) is 7.69. The van der Waals surface area contributed by atoms with Gasteiger partial charge in [0.2, 0.25) is 0 Å². The Bertz CT molecular complexity index is 336. The van der Waals surface area contributed by atoms with Crippen LogP contribution in [0, 0.1) is 5.41 Å². The Hall–Kier alpha value is -0.820. The molecule has 1 rings (SSSR count). The van der Waals surface area contributed by atoms with Crippen LogP contribution in [0.2, 0.25) is 0 Å². The van der Waals surface area contributed by atoms with E-state index >= 15 is 0 Å². The zero-order valence-corrected chi connectivity index (χ0v) is 13.4. The Morgan fingerprint density at radius 1 is 1.11 bits per heavy atom. The van der Waals surface area contributed by atoms with Gasteiger partial charge in [-0.15, -0.1) is 0 Å². The molecule has 0 bridgehead atoms. The number of benzene rings is 1. The van der Waals surface area contributed by atoms with Crippen LogP contribution in [0.25, 0.3) is 0 Å². The molecule has 0 spiro atoms. The molecule has 2 unspecified atom stereocenters. The maximum Gasteiger partial charge on any atom is 0.0133 e. The molecule has 108 valence electrons. The smallest absolute Gasteiger partial charge is 0.0133 e. The summed E-state index contributed by atoms with van der Waals surface area (Å²) in [5.41, 5.74) is 1.87. The van der Waals surface area contributed by atoms with Crippen LogP contribution in [-0.2, 0) is 0 Å². The molecule has 19 heavy (non-hydrogen) atoms. The summed E-state index contributed by atoms with van der Waals surface area (Å²) < 4.78 is 0. The van der Waals surface area contributed by atoms with Gasteiger partial charge in [-0.1, -0.05) is 65.0 Å². The van der Waals surface area contributed by atoms with E-state index in [-0.39, 0.29) is 0 Å². The van der Waals surface area contributed by atoms with Gasteiger partial charge in [-0.3, -0.25) is 0 Å². The highest BCUT2D eigenvalue weighted by Gasteiger charge is 2.20. The Kier molecular flexibility index (Phi) is 6.57. The maximum absolute atomic E-state index is 3.74. The van der Waals surface area contributed by atoms with Crippen molar-refractivity contribution in [3.8, 4) is 0 Å². The first-order valence-corrected chi connectivity index (χ1v) is 7.72. The topological polar surface area (TPSA) is 12.0 Å². The molecule has 1 aromatic carbocycles. The third-order valence-corrected chi connectivity index (χ3v) is 3.79. The van der Waals surface area contributed by atoms with Gasteiger partial charge in [0.1, 0.15) is 0 Å². The molecule has 0 amide bonds. The van der Waals surface area contributed by atoms with Crippen molar-refractivity contribution in [1.29, 1.82) is 0 Å². The van der Waals surface area contributed by atoms with Crippen LogP contribution in [0.5, 0.6) is 0 Å². The van der Waals surface area contributed by atoms with Crippen molar-refractivity contribution in [1.82, 2.24) is 5.32 Å². The molecule has 1 nitrogen and oxygen atoms in total. The SMILES string of the molecule is CCCNC(CCC(C)(C)C)C(C)c1ccccc1. The predicted octanol–water partition coefficient (Wildman–Crippen LogP) is 4.98. The third kappa shape index (κ3) is 6.24. The van der Waals surface area contributed by atoms with Crippen LogP contribution >= 0.6 is 0 Å². The van der Waals surface area contributed by atoms with Gasteiger partial charge in [0.15, 0.2) is 0 Å². The minimum Gasteiger partial charge on any atom is -0.313 e. The average molecular weight is 261 g/mol. The van der Waals surface area contributed by atoms with Crippen molar-refractivity contribution in [2.45, 2.75) is 65.8 Å². The summed E-state index contributed by atoms with van der Waals surface area (Å²) in [7, 11) is 0. The highest BCUT2D eigenvalue weighted by molar-refractivity contribution is 5.20. The van der Waals surface area contributed by atoms with Crippen LogP contribution < -0.4 is 5.32 Å². The van der Waals surface area contributed by atoms with Gasteiger partial charge in [-0.25, -0.2) is 0 Å². The van der Waals surface area contributed by atoms with E-state index < -0.39 is 0 Å². The van der Waals surface area contributed by atoms with Crippen molar-refractivity contribution in [3.63, 3.8) is 0 Å². The second-order valence-electron chi connectivity index (χ2n) is 6.86. The molecule has 0 saturated carbocycles. The lowest BCUT2D eigenvalue weighted by atomic mass is 9.83. The van der Waals surface area contributed by atoms with Crippen molar-refractivity contribution >= 4 is 0 Å². The summed E-state index contributed by atoms with van der Waals surface area (Å²) in [6, 6.07) is 11.5. The van der Waals surface area contributed by atoms with Gasteiger partial charge < -0.3 is 5.32 Å². The van der Waals surface area contributed by atoms with E-state index in [0.29, 0.717) is 17.4 Å². The number of hydrogen-bond donors (Lipinski definition) is 1. The molecule has 0 aromatic heterocycles. The molecule has 1 heteroatoms. The predicted molar refractivity (Wildman–Crippen MR) is 85.6 cm³/mol. The Morgan fingerprint density at radius 2 is 1.74 bits per heavy atom. The summed E-state index contributed by atoms with van der Waals surface area (Å²) >= 11 is 0. The van der Waals surface area contributed by atoms with Gasteiger partial charge in [0, 0.05) is 6.04 Å². The zero-order chi connectivity index (χ0) is 14.3. The largest absolute Gasteiger partial charge is 0.313 e. The Morgan fingerprint density at radius 3 is 2.26 bits per heavy atom. The van der Waals surface area contributed by atoms with E-state index in [1.54, 1.807) is 0 Å².